The molecule has 6 heteroatoms. The topological polar surface area (TPSA) is 78.9 Å². The number of carbonyl (C=O) groups excluding carboxylic acids is 3. The normalized spacial score (nSPS) is 12.4. The Morgan fingerprint density at radius 3 is 0.781 bits per heavy atom. The Bertz CT molecular complexity index is 1120. The zero-order chi connectivity index (χ0) is 53.2. The van der Waals surface area contributed by atoms with Gasteiger partial charge >= 0.3 is 17.9 Å². The molecule has 0 heterocycles. The van der Waals surface area contributed by atoms with E-state index in [2.05, 4.69) is 34.6 Å². The summed E-state index contributed by atoms with van der Waals surface area (Å²) in [6.07, 6.45) is 66.8. The van der Waals surface area contributed by atoms with Gasteiger partial charge in [0.1, 0.15) is 13.2 Å². The molecule has 0 amide bonds. The van der Waals surface area contributed by atoms with Crippen LogP contribution >= 0.6 is 0 Å². The Morgan fingerprint density at radius 1 is 0.288 bits per heavy atom. The zero-order valence-corrected chi connectivity index (χ0v) is 50.3. The monoisotopic (exact) mass is 1030 g/mol. The molecule has 0 aromatic carbocycles. The van der Waals surface area contributed by atoms with Gasteiger partial charge in [-0.05, 0) is 31.1 Å². The molecule has 434 valence electrons. The van der Waals surface area contributed by atoms with Gasteiger partial charge in [-0.25, -0.2) is 0 Å². The van der Waals surface area contributed by atoms with Crippen molar-refractivity contribution in [3.63, 3.8) is 0 Å². The Hall–Kier alpha value is -1.59. The molecular formula is C67H130O6. The van der Waals surface area contributed by atoms with E-state index in [0.717, 1.165) is 69.6 Å². The summed E-state index contributed by atoms with van der Waals surface area (Å²) in [4.78, 5) is 38.3. The van der Waals surface area contributed by atoms with Gasteiger partial charge in [-0.1, -0.05) is 343 Å². The molecule has 0 aliphatic carbocycles. The van der Waals surface area contributed by atoms with E-state index in [0.29, 0.717) is 19.3 Å². The van der Waals surface area contributed by atoms with E-state index in [-0.39, 0.29) is 31.1 Å². The second kappa shape index (κ2) is 59.7. The molecule has 2 atom stereocenters. The molecule has 0 N–H and O–H groups in total. The molecule has 6 nitrogen and oxygen atoms in total. The summed E-state index contributed by atoms with van der Waals surface area (Å²) in [5, 5.41) is 0. The molecule has 0 rings (SSSR count). The van der Waals surface area contributed by atoms with Gasteiger partial charge in [-0.3, -0.25) is 14.4 Å². The van der Waals surface area contributed by atoms with Crippen LogP contribution in [0.4, 0.5) is 0 Å². The molecular weight excluding hydrogens is 901 g/mol. The summed E-state index contributed by atoms with van der Waals surface area (Å²) in [6.45, 7) is 11.5. The smallest absolute Gasteiger partial charge is 0.306 e. The SMILES string of the molecule is CCCCCCCCCCCCCCC(=O)OC[C@H](COC(=O)CCCCCCCCCCCCCCCCCCCCC(C)C)OC(=O)CCCCCCCCCCCCCCCCCCCCC(C)CC. The molecule has 0 spiro atoms. The van der Waals surface area contributed by atoms with Crippen LogP contribution in [0.3, 0.4) is 0 Å². The van der Waals surface area contributed by atoms with Crippen LogP contribution in [0.15, 0.2) is 0 Å². The first-order valence-electron chi connectivity index (χ1n) is 33.3. The molecule has 0 aliphatic heterocycles. The summed E-state index contributed by atoms with van der Waals surface area (Å²) in [7, 11) is 0. The summed E-state index contributed by atoms with van der Waals surface area (Å²) in [6, 6.07) is 0. The van der Waals surface area contributed by atoms with E-state index >= 15 is 0 Å². The third-order valence-electron chi connectivity index (χ3n) is 15.8. The van der Waals surface area contributed by atoms with Crippen molar-refractivity contribution in [1.29, 1.82) is 0 Å². The molecule has 1 unspecified atom stereocenters. The summed E-state index contributed by atoms with van der Waals surface area (Å²) >= 11 is 0. The third-order valence-corrected chi connectivity index (χ3v) is 15.8. The van der Waals surface area contributed by atoms with E-state index in [1.165, 1.54) is 270 Å². The van der Waals surface area contributed by atoms with Gasteiger partial charge in [0.2, 0.25) is 0 Å². The van der Waals surface area contributed by atoms with Crippen LogP contribution in [0.5, 0.6) is 0 Å². The number of hydrogen-bond acceptors (Lipinski definition) is 6. The Kier molecular flexibility index (Phi) is 58.4. The molecule has 73 heavy (non-hydrogen) atoms. The Morgan fingerprint density at radius 2 is 0.521 bits per heavy atom. The van der Waals surface area contributed by atoms with Crippen LogP contribution in [0.25, 0.3) is 0 Å². The molecule has 0 aliphatic rings. The van der Waals surface area contributed by atoms with Gasteiger partial charge in [0.05, 0.1) is 0 Å². The predicted molar refractivity (Wildman–Crippen MR) is 316 cm³/mol. The largest absolute Gasteiger partial charge is 0.462 e. The molecule has 0 saturated carbocycles. The maximum atomic E-state index is 12.9. The van der Waals surface area contributed by atoms with Crippen molar-refractivity contribution in [2.24, 2.45) is 11.8 Å². The van der Waals surface area contributed by atoms with Crippen molar-refractivity contribution in [2.45, 2.75) is 387 Å². The predicted octanol–water partition coefficient (Wildman–Crippen LogP) is 22.4. The van der Waals surface area contributed by atoms with Crippen LogP contribution in [-0.4, -0.2) is 37.2 Å². The fraction of sp³-hybridized carbons (Fsp3) is 0.955. The van der Waals surface area contributed by atoms with Gasteiger partial charge in [0, 0.05) is 19.3 Å². The highest BCUT2D eigenvalue weighted by molar-refractivity contribution is 5.71. The van der Waals surface area contributed by atoms with Gasteiger partial charge in [-0.15, -0.1) is 0 Å². The van der Waals surface area contributed by atoms with E-state index < -0.39 is 6.10 Å². The minimum Gasteiger partial charge on any atom is -0.462 e. The zero-order valence-electron chi connectivity index (χ0n) is 50.3. The first-order chi connectivity index (χ1) is 35.8. The Labute approximate surface area is 457 Å². The van der Waals surface area contributed by atoms with Gasteiger partial charge < -0.3 is 14.2 Å². The Balaban J connectivity index is 4.22. The first kappa shape index (κ1) is 71.4. The quantitative estimate of drug-likeness (QED) is 0.0343. The maximum absolute atomic E-state index is 12.9. The standard InChI is InChI=1S/C67H130O6/c1-6-8-9-10-11-12-13-32-37-42-47-52-57-65(68)71-60-64(61-72-66(69)58-53-48-43-38-33-28-24-20-16-14-18-22-26-30-35-40-45-50-55-62(3)4)73-67(70)59-54-49-44-39-34-29-25-21-17-15-19-23-27-31-36-41-46-51-56-63(5)7-2/h62-64H,6-61H2,1-5H3/t63?,64-/m1/s1. The second-order valence-corrected chi connectivity index (χ2v) is 23.8. The lowest BCUT2D eigenvalue weighted by Gasteiger charge is -2.18. The van der Waals surface area contributed by atoms with Crippen molar-refractivity contribution < 1.29 is 28.6 Å². The highest BCUT2D eigenvalue weighted by Gasteiger charge is 2.19. The van der Waals surface area contributed by atoms with Crippen LogP contribution < -0.4 is 0 Å². The van der Waals surface area contributed by atoms with Crippen molar-refractivity contribution in [1.82, 2.24) is 0 Å². The summed E-state index contributed by atoms with van der Waals surface area (Å²) in [5.74, 6) is 0.939. The summed E-state index contributed by atoms with van der Waals surface area (Å²) in [5.41, 5.74) is 0. The lowest BCUT2D eigenvalue weighted by atomic mass is 9.99. The second-order valence-electron chi connectivity index (χ2n) is 23.8. The van der Waals surface area contributed by atoms with Crippen molar-refractivity contribution >= 4 is 17.9 Å². The minimum absolute atomic E-state index is 0.0615. The minimum atomic E-state index is -0.763. The van der Waals surface area contributed by atoms with Crippen molar-refractivity contribution in [3.8, 4) is 0 Å². The van der Waals surface area contributed by atoms with Crippen LogP contribution in [0, 0.1) is 11.8 Å². The first-order valence-corrected chi connectivity index (χ1v) is 33.3. The van der Waals surface area contributed by atoms with E-state index in [9.17, 15) is 14.4 Å². The van der Waals surface area contributed by atoms with E-state index in [1.807, 2.05) is 0 Å². The molecule has 0 saturated heterocycles. The van der Waals surface area contributed by atoms with Crippen molar-refractivity contribution in [2.75, 3.05) is 13.2 Å². The van der Waals surface area contributed by atoms with Gasteiger partial charge in [0.15, 0.2) is 6.10 Å². The fourth-order valence-electron chi connectivity index (χ4n) is 10.4. The molecule has 0 bridgehead atoms. The maximum Gasteiger partial charge on any atom is 0.306 e. The van der Waals surface area contributed by atoms with Gasteiger partial charge in [0.25, 0.3) is 0 Å². The van der Waals surface area contributed by atoms with Crippen molar-refractivity contribution in [3.05, 3.63) is 0 Å². The lowest BCUT2D eigenvalue weighted by molar-refractivity contribution is -0.167. The average Bonchev–Trinajstić information content (AvgIpc) is 3.38. The molecule has 0 aromatic heterocycles. The fourth-order valence-corrected chi connectivity index (χ4v) is 10.4. The van der Waals surface area contributed by atoms with Gasteiger partial charge in [-0.2, -0.15) is 0 Å². The lowest BCUT2D eigenvalue weighted by Crippen LogP contribution is -2.30. The van der Waals surface area contributed by atoms with Crippen LogP contribution in [0.2, 0.25) is 0 Å². The van der Waals surface area contributed by atoms with Crippen LogP contribution in [0.1, 0.15) is 381 Å². The number of hydrogen-bond donors (Lipinski definition) is 0. The number of unbranched alkanes of at least 4 members (excludes halogenated alkanes) is 45. The molecule has 0 fully saturated rings. The average molecular weight is 1030 g/mol. The molecule has 0 radical (unpaired) electrons. The highest BCUT2D eigenvalue weighted by Crippen LogP contribution is 2.20. The van der Waals surface area contributed by atoms with E-state index in [4.69, 9.17) is 14.2 Å². The number of ether oxygens (including phenoxy) is 3. The third kappa shape index (κ3) is 59.5. The summed E-state index contributed by atoms with van der Waals surface area (Å²) < 4.78 is 17.0. The molecule has 0 aromatic rings. The van der Waals surface area contributed by atoms with E-state index in [1.54, 1.807) is 0 Å². The van der Waals surface area contributed by atoms with Crippen LogP contribution in [-0.2, 0) is 28.6 Å². The number of carbonyl (C=O) groups is 3. The highest BCUT2D eigenvalue weighted by atomic mass is 16.6. The number of rotatable bonds is 61. The number of esters is 3.